The molecule has 34 heavy (non-hydrogen) atoms. The number of rotatable bonds is 8. The molecule has 1 N–H and O–H groups in total. The van der Waals surface area contributed by atoms with Gasteiger partial charge in [0.25, 0.3) is 0 Å². The molecule has 0 aliphatic heterocycles. The largest absolute Gasteiger partial charge is 0.490 e. The van der Waals surface area contributed by atoms with E-state index in [1.54, 1.807) is 13.1 Å². The topological polar surface area (TPSA) is 38.3 Å². The van der Waals surface area contributed by atoms with Crippen LogP contribution in [0.4, 0.5) is 4.39 Å². The van der Waals surface area contributed by atoms with Crippen molar-refractivity contribution in [3.8, 4) is 16.9 Å². The molecule has 3 nitrogen and oxygen atoms in total. The van der Waals surface area contributed by atoms with Gasteiger partial charge in [-0.2, -0.15) is 0 Å². The molecule has 3 aliphatic rings. The van der Waals surface area contributed by atoms with Crippen molar-refractivity contribution in [2.75, 3.05) is 7.05 Å². The Morgan fingerprint density at radius 3 is 2.41 bits per heavy atom. The van der Waals surface area contributed by atoms with Gasteiger partial charge in [0.1, 0.15) is 11.6 Å². The highest BCUT2D eigenvalue weighted by atomic mass is 32.2. The zero-order valence-electron chi connectivity index (χ0n) is 20.6. The summed E-state index contributed by atoms with van der Waals surface area (Å²) >= 11 is 0. The van der Waals surface area contributed by atoms with Crippen molar-refractivity contribution in [2.45, 2.75) is 87.9 Å². The Bertz CT molecular complexity index is 1020. The first-order chi connectivity index (χ1) is 16.4. The van der Waals surface area contributed by atoms with Crippen molar-refractivity contribution in [3.63, 3.8) is 0 Å². The smallest absolute Gasteiger partial charge is 0.127 e. The van der Waals surface area contributed by atoms with Gasteiger partial charge in [-0.3, -0.25) is 0 Å². The fourth-order valence-corrected chi connectivity index (χ4v) is 5.83. The van der Waals surface area contributed by atoms with E-state index in [0.29, 0.717) is 12.0 Å². The molecule has 0 heterocycles. The Hall–Kier alpha value is -1.98. The molecular formula is C29H38FNO2S. The zero-order chi connectivity index (χ0) is 24.1. The van der Waals surface area contributed by atoms with E-state index in [2.05, 4.69) is 35.6 Å². The second-order valence-electron chi connectivity index (χ2n) is 10.1. The predicted octanol–water partition coefficient (Wildman–Crippen LogP) is 7.23. The van der Waals surface area contributed by atoms with E-state index < -0.39 is 11.0 Å². The molecular weight excluding hydrogens is 445 g/mol. The van der Waals surface area contributed by atoms with Crippen LogP contribution in [0.25, 0.3) is 11.1 Å². The van der Waals surface area contributed by atoms with Gasteiger partial charge in [-0.05, 0) is 113 Å². The standard InChI is InChI=1S/C24H27FO.C5H11NOS/c1-2-7-17-14-15-23(26-19-10-3-4-11-19)21(16-17)20-12-6-13-22(25)24(20)18-8-5-9-18;1-5(3-4-5)8(7)6-2/h2,6,12-16,18-19H,1,3-5,7-11H2;6H,3-4H2,1-2H3. The van der Waals surface area contributed by atoms with Crippen molar-refractivity contribution in [2.24, 2.45) is 0 Å². The first-order valence-corrected chi connectivity index (χ1v) is 13.9. The number of benzene rings is 2. The second kappa shape index (κ2) is 11.2. The molecule has 2 aromatic carbocycles. The van der Waals surface area contributed by atoms with Crippen molar-refractivity contribution in [3.05, 3.63) is 66.0 Å². The molecule has 3 fully saturated rings. The summed E-state index contributed by atoms with van der Waals surface area (Å²) < 4.78 is 34.9. The van der Waals surface area contributed by atoms with Crippen LogP contribution in [0.5, 0.6) is 5.75 Å². The molecule has 1 unspecified atom stereocenters. The Morgan fingerprint density at radius 1 is 1.12 bits per heavy atom. The van der Waals surface area contributed by atoms with E-state index in [4.69, 9.17) is 4.74 Å². The molecule has 184 valence electrons. The second-order valence-corrected chi connectivity index (χ2v) is 12.0. The van der Waals surface area contributed by atoms with Gasteiger partial charge in [0.2, 0.25) is 0 Å². The molecule has 1 atom stereocenters. The number of nitrogens with one attached hydrogen (secondary N) is 1. The van der Waals surface area contributed by atoms with Gasteiger partial charge in [-0.15, -0.1) is 6.58 Å². The lowest BCUT2D eigenvalue weighted by Crippen LogP contribution is -2.23. The summed E-state index contributed by atoms with van der Waals surface area (Å²) in [6.07, 6.45) is 13.3. The average Bonchev–Trinajstić information content (AvgIpc) is 3.35. The third-order valence-corrected chi connectivity index (χ3v) is 9.14. The molecule has 0 amide bonds. The van der Waals surface area contributed by atoms with Crippen LogP contribution in [0.3, 0.4) is 0 Å². The number of halogens is 1. The Balaban J connectivity index is 0.000000291. The SMILES string of the molecule is C=CCc1ccc(OC2CCCC2)c(-c2cccc(F)c2C2CCC2)c1.CNS(=O)C1(C)CC1. The maximum Gasteiger partial charge on any atom is 0.127 e. The average molecular weight is 484 g/mol. The normalized spacial score (nSPS) is 20.1. The van der Waals surface area contributed by atoms with Crippen LogP contribution < -0.4 is 9.46 Å². The van der Waals surface area contributed by atoms with E-state index >= 15 is 0 Å². The number of hydrogen-bond donors (Lipinski definition) is 1. The molecule has 0 aromatic heterocycles. The predicted molar refractivity (Wildman–Crippen MR) is 140 cm³/mol. The number of hydrogen-bond acceptors (Lipinski definition) is 2. The quantitative estimate of drug-likeness (QED) is 0.402. The van der Waals surface area contributed by atoms with E-state index in [9.17, 15) is 8.60 Å². The molecule has 5 rings (SSSR count). The van der Waals surface area contributed by atoms with Crippen LogP contribution in [0.15, 0.2) is 49.1 Å². The lowest BCUT2D eigenvalue weighted by Gasteiger charge is -2.29. The maximum absolute atomic E-state index is 14.7. The Morgan fingerprint density at radius 2 is 1.85 bits per heavy atom. The van der Waals surface area contributed by atoms with Gasteiger partial charge in [0.05, 0.1) is 21.8 Å². The summed E-state index contributed by atoms with van der Waals surface area (Å²) in [5, 5.41) is 0. The van der Waals surface area contributed by atoms with E-state index in [0.717, 1.165) is 67.4 Å². The van der Waals surface area contributed by atoms with Gasteiger partial charge < -0.3 is 4.74 Å². The van der Waals surface area contributed by atoms with E-state index in [1.165, 1.54) is 24.8 Å². The molecule has 3 aliphatic carbocycles. The molecule has 5 heteroatoms. The van der Waals surface area contributed by atoms with Crippen LogP contribution >= 0.6 is 0 Å². The summed E-state index contributed by atoms with van der Waals surface area (Å²) in [6, 6.07) is 11.8. The molecule has 0 bridgehead atoms. The molecule has 0 radical (unpaired) electrons. The lowest BCUT2D eigenvalue weighted by molar-refractivity contribution is 0.211. The fraction of sp³-hybridized carbons (Fsp3) is 0.517. The third-order valence-electron chi connectivity index (χ3n) is 7.46. The molecule has 3 saturated carbocycles. The van der Waals surface area contributed by atoms with Gasteiger partial charge in [0, 0.05) is 5.56 Å². The Kier molecular flexibility index (Phi) is 8.26. The number of ether oxygens (including phenoxy) is 1. The monoisotopic (exact) mass is 483 g/mol. The third kappa shape index (κ3) is 5.80. The summed E-state index contributed by atoms with van der Waals surface area (Å²) in [5.74, 6) is 1.16. The summed E-state index contributed by atoms with van der Waals surface area (Å²) in [4.78, 5) is 0. The van der Waals surface area contributed by atoms with Gasteiger partial charge in [0.15, 0.2) is 0 Å². The Labute approximate surface area is 206 Å². The summed E-state index contributed by atoms with van der Waals surface area (Å²) in [6.45, 7) is 5.90. The maximum atomic E-state index is 14.7. The van der Waals surface area contributed by atoms with Gasteiger partial charge in [-0.25, -0.2) is 13.3 Å². The van der Waals surface area contributed by atoms with Crippen LogP contribution in [0, 0.1) is 5.82 Å². The highest BCUT2D eigenvalue weighted by Gasteiger charge is 2.43. The highest BCUT2D eigenvalue weighted by molar-refractivity contribution is 7.84. The minimum atomic E-state index is -0.783. The zero-order valence-corrected chi connectivity index (χ0v) is 21.4. The van der Waals surface area contributed by atoms with Crippen LogP contribution in [-0.2, 0) is 17.4 Å². The first-order valence-electron chi connectivity index (χ1n) is 12.7. The minimum Gasteiger partial charge on any atom is -0.490 e. The van der Waals surface area contributed by atoms with E-state index in [-0.39, 0.29) is 10.6 Å². The fourth-order valence-electron chi connectivity index (χ4n) is 4.86. The van der Waals surface area contributed by atoms with Crippen molar-refractivity contribution in [1.29, 1.82) is 0 Å². The minimum absolute atomic E-state index is 0.0758. The molecule has 2 aromatic rings. The molecule has 0 saturated heterocycles. The van der Waals surface area contributed by atoms with Gasteiger partial charge >= 0.3 is 0 Å². The molecule has 0 spiro atoms. The van der Waals surface area contributed by atoms with Crippen molar-refractivity contribution in [1.82, 2.24) is 4.72 Å². The summed E-state index contributed by atoms with van der Waals surface area (Å²) in [5.41, 5.74) is 4.12. The van der Waals surface area contributed by atoms with Crippen LogP contribution in [-0.4, -0.2) is 22.1 Å². The number of allylic oxidation sites excluding steroid dienone is 1. The van der Waals surface area contributed by atoms with Crippen LogP contribution in [0.2, 0.25) is 0 Å². The first kappa shape index (κ1) is 25.1. The van der Waals surface area contributed by atoms with Gasteiger partial charge in [-0.1, -0.05) is 30.7 Å². The van der Waals surface area contributed by atoms with E-state index in [1.807, 2.05) is 19.1 Å². The summed E-state index contributed by atoms with van der Waals surface area (Å²) in [7, 11) is 0.953. The van der Waals surface area contributed by atoms with Crippen molar-refractivity contribution < 1.29 is 13.3 Å². The highest BCUT2D eigenvalue weighted by Crippen LogP contribution is 2.45. The van der Waals surface area contributed by atoms with Crippen LogP contribution in [0.1, 0.15) is 81.8 Å². The lowest BCUT2D eigenvalue weighted by atomic mass is 9.76. The van der Waals surface area contributed by atoms with Crippen molar-refractivity contribution >= 4 is 11.0 Å².